The van der Waals surface area contributed by atoms with Crippen molar-refractivity contribution >= 4 is 21.7 Å². The molecule has 1 amide bonds. The van der Waals surface area contributed by atoms with E-state index in [1.165, 1.54) is 26.1 Å². The summed E-state index contributed by atoms with van der Waals surface area (Å²) in [4.78, 5) is 24.6. The van der Waals surface area contributed by atoms with Crippen molar-refractivity contribution in [2.75, 3.05) is 32.6 Å². The van der Waals surface area contributed by atoms with Crippen molar-refractivity contribution in [3.8, 4) is 0 Å². The number of hydrogen-bond acceptors (Lipinski definition) is 6. The molecule has 31 heavy (non-hydrogen) atoms. The van der Waals surface area contributed by atoms with Gasteiger partial charge in [-0.05, 0) is 37.5 Å². The van der Waals surface area contributed by atoms with Crippen LogP contribution < -0.4 is 4.90 Å². The van der Waals surface area contributed by atoms with Gasteiger partial charge in [0.15, 0.2) is 5.82 Å². The molecule has 0 radical (unpaired) electrons. The lowest BCUT2D eigenvalue weighted by Gasteiger charge is -2.24. The number of anilines is 1. The maximum Gasteiger partial charge on any atom is 0.243 e. The maximum atomic E-state index is 13.9. The predicted octanol–water partition coefficient (Wildman–Crippen LogP) is 2.49. The number of carbonyl (C=O) groups excluding carboxylic acids is 1. The van der Waals surface area contributed by atoms with E-state index in [2.05, 4.69) is 9.97 Å². The zero-order valence-electron chi connectivity index (χ0n) is 18.5. The highest BCUT2D eigenvalue weighted by Crippen LogP contribution is 2.31. The summed E-state index contributed by atoms with van der Waals surface area (Å²) >= 11 is 0. The average Bonchev–Trinajstić information content (AvgIpc) is 3.20. The molecule has 8 nitrogen and oxygen atoms in total. The van der Waals surface area contributed by atoms with Crippen LogP contribution in [-0.2, 0) is 21.4 Å². The van der Waals surface area contributed by atoms with Gasteiger partial charge in [0.1, 0.15) is 11.6 Å². The molecule has 168 valence electrons. The highest BCUT2D eigenvalue weighted by atomic mass is 32.2. The Bertz CT molecular complexity index is 1090. The van der Waals surface area contributed by atoms with Gasteiger partial charge in [-0.3, -0.25) is 4.79 Å². The summed E-state index contributed by atoms with van der Waals surface area (Å²) < 4.78 is 41.0. The van der Waals surface area contributed by atoms with E-state index in [1.807, 2.05) is 19.0 Å². The number of benzene rings is 1. The molecule has 2 heterocycles. The van der Waals surface area contributed by atoms with Crippen LogP contribution in [0.25, 0.3) is 0 Å². The molecular formula is C21H28FN5O3S. The second-order valence-electron chi connectivity index (χ2n) is 8.01. The number of sulfonamides is 1. The van der Waals surface area contributed by atoms with Crippen molar-refractivity contribution in [2.45, 2.75) is 44.2 Å². The van der Waals surface area contributed by atoms with Crippen LogP contribution in [0.1, 0.15) is 42.9 Å². The van der Waals surface area contributed by atoms with Crippen LogP contribution in [0.3, 0.4) is 0 Å². The fraction of sp³-hybridized carbons (Fsp3) is 0.476. The Morgan fingerprint density at radius 1 is 1.23 bits per heavy atom. The first-order valence-corrected chi connectivity index (χ1v) is 11.5. The molecule has 1 atom stereocenters. The van der Waals surface area contributed by atoms with Crippen LogP contribution in [0.15, 0.2) is 29.2 Å². The molecule has 0 bridgehead atoms. The summed E-state index contributed by atoms with van der Waals surface area (Å²) in [5, 5.41) is 0. The third-order valence-corrected chi connectivity index (χ3v) is 7.23. The lowest BCUT2D eigenvalue weighted by Crippen LogP contribution is -2.31. The molecule has 1 aromatic heterocycles. The van der Waals surface area contributed by atoms with Gasteiger partial charge >= 0.3 is 0 Å². The fourth-order valence-corrected chi connectivity index (χ4v) is 4.76. The maximum absolute atomic E-state index is 13.9. The SMILES string of the molecule is CC(=O)N1CCC[C@H]1c1nc(CN(C)S(=O)(=O)c2ccc(C)c(F)c2)cc(N(C)C)n1. The number of carbonyl (C=O) groups is 1. The van der Waals surface area contributed by atoms with Crippen molar-refractivity contribution in [2.24, 2.45) is 0 Å². The molecule has 1 aliphatic heterocycles. The van der Waals surface area contributed by atoms with Crippen LogP contribution in [0.5, 0.6) is 0 Å². The first-order chi connectivity index (χ1) is 14.5. The molecule has 0 saturated carbocycles. The molecule has 1 saturated heterocycles. The summed E-state index contributed by atoms with van der Waals surface area (Å²) in [7, 11) is 1.19. The second kappa shape index (κ2) is 8.88. The van der Waals surface area contributed by atoms with Crippen molar-refractivity contribution in [3.05, 3.63) is 47.2 Å². The normalized spacial score (nSPS) is 16.7. The number of aryl methyl sites for hydroxylation is 1. The van der Waals surface area contributed by atoms with Gasteiger partial charge in [0, 0.05) is 40.7 Å². The zero-order valence-corrected chi connectivity index (χ0v) is 19.3. The van der Waals surface area contributed by atoms with E-state index in [0.717, 1.165) is 23.2 Å². The van der Waals surface area contributed by atoms with Crippen molar-refractivity contribution in [1.82, 2.24) is 19.2 Å². The predicted molar refractivity (Wildman–Crippen MR) is 116 cm³/mol. The fourth-order valence-electron chi connectivity index (χ4n) is 3.60. The number of amides is 1. The standard InChI is InChI=1S/C21H28FN5O3S/c1-14-8-9-17(12-18(14)22)31(29,30)26(5)13-16-11-20(25(3)4)24-21(23-16)19-7-6-10-27(19)15(2)28/h8-9,11-12,19H,6-7,10,13H2,1-5H3/t19-/m0/s1. The molecule has 10 heteroatoms. The van der Waals surface area contributed by atoms with Crippen molar-refractivity contribution in [3.63, 3.8) is 0 Å². The minimum atomic E-state index is -3.91. The Kier molecular flexibility index (Phi) is 6.61. The van der Waals surface area contributed by atoms with Crippen LogP contribution in [0.2, 0.25) is 0 Å². The van der Waals surface area contributed by atoms with Gasteiger partial charge in [0.25, 0.3) is 0 Å². The number of likely N-dealkylation sites (tertiary alicyclic amines) is 1. The molecule has 0 N–H and O–H groups in total. The zero-order chi connectivity index (χ0) is 22.9. The highest BCUT2D eigenvalue weighted by Gasteiger charge is 2.31. The van der Waals surface area contributed by atoms with Crippen LogP contribution in [0, 0.1) is 12.7 Å². The van der Waals surface area contributed by atoms with Crippen molar-refractivity contribution in [1.29, 1.82) is 0 Å². The van der Waals surface area contributed by atoms with E-state index in [-0.39, 0.29) is 23.4 Å². The van der Waals surface area contributed by atoms with Crippen LogP contribution in [-0.4, -0.2) is 61.2 Å². The quantitative estimate of drug-likeness (QED) is 0.674. The number of aromatic nitrogens is 2. The lowest BCUT2D eigenvalue weighted by atomic mass is 10.2. The number of hydrogen-bond donors (Lipinski definition) is 0. The Morgan fingerprint density at radius 3 is 2.55 bits per heavy atom. The molecule has 0 aliphatic carbocycles. The van der Waals surface area contributed by atoms with Gasteiger partial charge in [0.2, 0.25) is 15.9 Å². The molecule has 0 unspecified atom stereocenters. The van der Waals surface area contributed by atoms with E-state index in [4.69, 9.17) is 0 Å². The van der Waals surface area contributed by atoms with Gasteiger partial charge in [-0.1, -0.05) is 6.07 Å². The second-order valence-corrected chi connectivity index (χ2v) is 10.1. The molecule has 3 rings (SSSR count). The highest BCUT2D eigenvalue weighted by molar-refractivity contribution is 7.89. The van der Waals surface area contributed by atoms with E-state index in [0.29, 0.717) is 29.4 Å². The van der Waals surface area contributed by atoms with Gasteiger partial charge in [-0.15, -0.1) is 0 Å². The van der Waals surface area contributed by atoms with Gasteiger partial charge in [0.05, 0.1) is 23.2 Å². The largest absolute Gasteiger partial charge is 0.363 e. The van der Waals surface area contributed by atoms with Gasteiger partial charge < -0.3 is 9.80 Å². The smallest absolute Gasteiger partial charge is 0.243 e. The molecule has 1 aliphatic rings. The summed E-state index contributed by atoms with van der Waals surface area (Å²) in [6, 6.07) is 5.35. The van der Waals surface area contributed by atoms with E-state index in [1.54, 1.807) is 17.9 Å². The topological polar surface area (TPSA) is 86.7 Å². The Labute approximate surface area is 182 Å². The Morgan fingerprint density at radius 2 is 1.94 bits per heavy atom. The first-order valence-electron chi connectivity index (χ1n) is 10.1. The Hall–Kier alpha value is -2.59. The molecular weight excluding hydrogens is 421 g/mol. The van der Waals surface area contributed by atoms with E-state index >= 15 is 0 Å². The minimum absolute atomic E-state index is 0.0129. The van der Waals surface area contributed by atoms with Gasteiger partial charge in [-0.2, -0.15) is 4.31 Å². The van der Waals surface area contributed by atoms with Gasteiger partial charge in [-0.25, -0.2) is 22.8 Å². The third-order valence-electron chi connectivity index (χ3n) is 5.43. The van der Waals surface area contributed by atoms with Crippen molar-refractivity contribution < 1.29 is 17.6 Å². The summed E-state index contributed by atoms with van der Waals surface area (Å²) in [6.45, 7) is 3.74. The van der Waals surface area contributed by atoms with E-state index < -0.39 is 15.8 Å². The minimum Gasteiger partial charge on any atom is -0.363 e. The summed E-state index contributed by atoms with van der Waals surface area (Å²) in [5.74, 6) is 0.520. The first kappa shape index (κ1) is 23.1. The molecule has 0 spiro atoms. The summed E-state index contributed by atoms with van der Waals surface area (Å²) in [5.41, 5.74) is 0.881. The lowest BCUT2D eigenvalue weighted by molar-refractivity contribution is -0.129. The summed E-state index contributed by atoms with van der Waals surface area (Å²) in [6.07, 6.45) is 1.62. The number of halogens is 1. The van der Waals surface area contributed by atoms with Crippen LogP contribution in [0.4, 0.5) is 10.2 Å². The molecule has 1 fully saturated rings. The third kappa shape index (κ3) is 4.85. The molecule has 1 aromatic carbocycles. The van der Waals surface area contributed by atoms with E-state index in [9.17, 15) is 17.6 Å². The average molecular weight is 450 g/mol. The van der Waals surface area contributed by atoms with Crippen LogP contribution >= 0.6 is 0 Å². The monoisotopic (exact) mass is 449 g/mol. The Balaban J connectivity index is 1.93. The molecule has 2 aromatic rings. The number of nitrogens with zero attached hydrogens (tertiary/aromatic N) is 5. The number of rotatable bonds is 6.